The molecule has 0 spiro atoms. The molecule has 1 heterocycles. The summed E-state index contributed by atoms with van der Waals surface area (Å²) in [4.78, 5) is 0.681. The van der Waals surface area contributed by atoms with Gasteiger partial charge in [0, 0.05) is 15.6 Å². The smallest absolute Gasteiger partial charge is 0.204 e. The van der Waals surface area contributed by atoms with Crippen LogP contribution < -0.4 is 14.2 Å². The van der Waals surface area contributed by atoms with Crippen molar-refractivity contribution in [3.8, 4) is 17.2 Å². The third kappa shape index (κ3) is 3.45. The zero-order chi connectivity index (χ0) is 19.7. The molecule has 1 aliphatic rings. The summed E-state index contributed by atoms with van der Waals surface area (Å²) in [5.74, 6) is 1.99. The number of ether oxygens (including phenoxy) is 3. The van der Waals surface area contributed by atoms with Gasteiger partial charge in [-0.3, -0.25) is 0 Å². The van der Waals surface area contributed by atoms with Crippen LogP contribution in [-0.4, -0.2) is 18.4 Å². The van der Waals surface area contributed by atoms with Gasteiger partial charge in [-0.2, -0.15) is 0 Å². The Hall–Kier alpha value is -2.57. The van der Waals surface area contributed by atoms with E-state index in [0.717, 1.165) is 26.9 Å². The van der Waals surface area contributed by atoms with E-state index in [9.17, 15) is 4.21 Å². The Balaban J connectivity index is 1.83. The Morgan fingerprint density at radius 2 is 1.39 bits per heavy atom. The van der Waals surface area contributed by atoms with Crippen molar-refractivity contribution in [1.82, 2.24) is 0 Å². The molecule has 4 nitrogen and oxygen atoms in total. The van der Waals surface area contributed by atoms with Gasteiger partial charge in [-0.05, 0) is 60.2 Å². The molecule has 0 bridgehead atoms. The van der Waals surface area contributed by atoms with Gasteiger partial charge in [0.25, 0.3) is 0 Å². The second-order valence-corrected chi connectivity index (χ2v) is 8.34. The summed E-state index contributed by atoms with van der Waals surface area (Å²) >= 11 is 3.46. The molecule has 0 saturated carbocycles. The third-order valence-electron chi connectivity index (χ3n) is 4.43. The van der Waals surface area contributed by atoms with E-state index in [0.29, 0.717) is 21.5 Å². The lowest BCUT2D eigenvalue weighted by molar-refractivity contribution is 0.412. The van der Waals surface area contributed by atoms with Gasteiger partial charge in [-0.1, -0.05) is 28.1 Å². The molecule has 0 saturated heterocycles. The lowest BCUT2D eigenvalue weighted by Gasteiger charge is -2.10. The molecule has 1 aliphatic heterocycles. The summed E-state index contributed by atoms with van der Waals surface area (Å²) in [5.41, 5.74) is 2.63. The van der Waals surface area contributed by atoms with Crippen LogP contribution in [0.5, 0.6) is 17.2 Å². The summed E-state index contributed by atoms with van der Waals surface area (Å²) in [6, 6.07) is 20.7. The molecule has 0 aromatic heterocycles. The van der Waals surface area contributed by atoms with Crippen molar-refractivity contribution < 1.29 is 18.4 Å². The topological polar surface area (TPSA) is 44.8 Å². The van der Waals surface area contributed by atoms with Crippen molar-refractivity contribution >= 4 is 32.3 Å². The summed E-state index contributed by atoms with van der Waals surface area (Å²) in [6.45, 7) is 0. The average Bonchev–Trinajstić information content (AvgIpc) is 3.00. The maximum Gasteiger partial charge on any atom is 0.204 e. The maximum atomic E-state index is 13.3. The number of methoxy groups -OCH3 is 2. The maximum absolute atomic E-state index is 13.3. The van der Waals surface area contributed by atoms with Gasteiger partial charge in [0.15, 0.2) is 0 Å². The Labute approximate surface area is 174 Å². The largest absolute Gasteiger partial charge is 0.497 e. The van der Waals surface area contributed by atoms with Gasteiger partial charge < -0.3 is 14.2 Å². The van der Waals surface area contributed by atoms with Crippen LogP contribution in [0.2, 0.25) is 0 Å². The zero-order valence-corrected chi connectivity index (χ0v) is 17.7. The molecule has 28 heavy (non-hydrogen) atoms. The quantitative estimate of drug-likeness (QED) is 0.516. The van der Waals surface area contributed by atoms with Gasteiger partial charge in [0.2, 0.25) is 5.09 Å². The molecule has 0 N–H and O–H groups in total. The first-order valence-corrected chi connectivity index (χ1v) is 10.5. The van der Waals surface area contributed by atoms with Gasteiger partial charge in [0.05, 0.1) is 19.1 Å². The van der Waals surface area contributed by atoms with Crippen LogP contribution in [0, 0.1) is 0 Å². The number of benzene rings is 3. The lowest BCUT2D eigenvalue weighted by atomic mass is 9.99. The molecule has 6 heteroatoms. The molecule has 1 unspecified atom stereocenters. The third-order valence-corrected chi connectivity index (χ3v) is 6.32. The highest BCUT2D eigenvalue weighted by atomic mass is 79.9. The number of hydrogen-bond donors (Lipinski definition) is 0. The minimum atomic E-state index is -1.46. The van der Waals surface area contributed by atoms with Crippen molar-refractivity contribution in [2.24, 2.45) is 0 Å². The molecule has 142 valence electrons. The van der Waals surface area contributed by atoms with Crippen LogP contribution in [0.15, 0.2) is 81.2 Å². The second-order valence-electron chi connectivity index (χ2n) is 6.08. The highest BCUT2D eigenvalue weighted by molar-refractivity contribution is 9.10. The second kappa shape index (κ2) is 7.81. The predicted octanol–water partition coefficient (Wildman–Crippen LogP) is 5.38. The normalized spacial score (nSPS) is 15.3. The summed E-state index contributed by atoms with van der Waals surface area (Å²) in [5, 5.41) is 0.413. The fourth-order valence-corrected chi connectivity index (χ4v) is 4.66. The SMILES string of the molecule is COc1ccc(OC2=C(c3ccc(Br)cc3)c3ccc(OC)cc3S2=O)cc1. The van der Waals surface area contributed by atoms with E-state index in [4.69, 9.17) is 14.2 Å². The summed E-state index contributed by atoms with van der Waals surface area (Å²) in [7, 11) is 1.75. The highest BCUT2D eigenvalue weighted by Gasteiger charge is 2.32. The van der Waals surface area contributed by atoms with Crippen molar-refractivity contribution in [3.05, 3.63) is 87.4 Å². The zero-order valence-electron chi connectivity index (χ0n) is 15.3. The molecule has 0 amide bonds. The number of fused-ring (bicyclic) bond motifs is 1. The van der Waals surface area contributed by atoms with E-state index in [1.807, 2.05) is 48.5 Å². The van der Waals surface area contributed by atoms with E-state index in [-0.39, 0.29) is 0 Å². The number of rotatable bonds is 5. The highest BCUT2D eigenvalue weighted by Crippen LogP contribution is 2.43. The van der Waals surface area contributed by atoms with Crippen LogP contribution in [0.25, 0.3) is 5.57 Å². The number of halogens is 1. The molecule has 0 radical (unpaired) electrons. The van der Waals surface area contributed by atoms with Gasteiger partial charge in [-0.25, -0.2) is 4.21 Å². The molecule has 1 atom stereocenters. The number of hydrogen-bond acceptors (Lipinski definition) is 4. The van der Waals surface area contributed by atoms with E-state index in [1.54, 1.807) is 32.4 Å². The van der Waals surface area contributed by atoms with Gasteiger partial charge in [-0.15, -0.1) is 0 Å². The van der Waals surface area contributed by atoms with E-state index >= 15 is 0 Å². The molecular weight excluding hydrogens is 440 g/mol. The Bertz CT molecular complexity index is 1070. The molecule has 0 fully saturated rings. The first-order valence-electron chi connectivity index (χ1n) is 8.53. The Morgan fingerprint density at radius 3 is 2.04 bits per heavy atom. The Morgan fingerprint density at radius 1 is 0.786 bits per heavy atom. The summed E-state index contributed by atoms with van der Waals surface area (Å²) < 4.78 is 30.9. The minimum absolute atomic E-state index is 0.413. The van der Waals surface area contributed by atoms with Gasteiger partial charge >= 0.3 is 0 Å². The van der Waals surface area contributed by atoms with Crippen LogP contribution >= 0.6 is 15.9 Å². The standard InChI is InChI=1S/C22H17BrO4S/c1-25-16-7-9-17(10-8-16)27-22-21(14-3-5-15(23)6-4-14)19-12-11-18(26-2)13-20(19)28(22)24/h3-13H,1-2H3. The van der Waals surface area contributed by atoms with Crippen LogP contribution in [0.4, 0.5) is 0 Å². The van der Waals surface area contributed by atoms with E-state index in [2.05, 4.69) is 15.9 Å². The first kappa shape index (κ1) is 18.8. The van der Waals surface area contributed by atoms with Crippen molar-refractivity contribution in [3.63, 3.8) is 0 Å². The van der Waals surface area contributed by atoms with E-state index < -0.39 is 10.8 Å². The van der Waals surface area contributed by atoms with E-state index in [1.165, 1.54) is 0 Å². The molecule has 3 aromatic carbocycles. The summed E-state index contributed by atoms with van der Waals surface area (Å²) in [6.07, 6.45) is 0. The fraction of sp³-hybridized carbons (Fsp3) is 0.0909. The van der Waals surface area contributed by atoms with Crippen LogP contribution in [-0.2, 0) is 10.8 Å². The van der Waals surface area contributed by atoms with Crippen molar-refractivity contribution in [2.75, 3.05) is 14.2 Å². The average molecular weight is 457 g/mol. The lowest BCUT2D eigenvalue weighted by Crippen LogP contribution is -2.01. The molecule has 3 aromatic rings. The monoisotopic (exact) mass is 456 g/mol. The van der Waals surface area contributed by atoms with Gasteiger partial charge in [0.1, 0.15) is 28.0 Å². The molecular formula is C22H17BrO4S. The fourth-order valence-electron chi connectivity index (χ4n) is 3.02. The molecule has 0 aliphatic carbocycles. The predicted molar refractivity (Wildman–Crippen MR) is 113 cm³/mol. The Kier molecular flexibility index (Phi) is 5.24. The van der Waals surface area contributed by atoms with Crippen LogP contribution in [0.3, 0.4) is 0 Å². The first-order chi connectivity index (χ1) is 13.6. The van der Waals surface area contributed by atoms with Crippen LogP contribution in [0.1, 0.15) is 11.1 Å². The van der Waals surface area contributed by atoms with Crippen molar-refractivity contribution in [2.45, 2.75) is 4.90 Å². The van der Waals surface area contributed by atoms with Crippen molar-refractivity contribution in [1.29, 1.82) is 0 Å². The minimum Gasteiger partial charge on any atom is -0.497 e. The molecule has 4 rings (SSSR count).